The Bertz CT molecular complexity index is 1100. The fourth-order valence-corrected chi connectivity index (χ4v) is 3.90. The molecule has 0 spiro atoms. The molecule has 0 unspecified atom stereocenters. The molecule has 4 rings (SSSR count). The standard InChI is InChI=1S/C19H27N5O10/c1-8-3-24(19(31)20-17(8)30)13-2-10(26)11(33-13)5-23-4-9(21-22-23)7-32-18-16(29)15(28)14(27)12(6-25)34-18/h3-4,10-16,18,25-29H,2,5-7H2,1H3,(H,20,30,31)/t10-,11+,12+,13+,14-,15-,16+,18+/m0/s1. The normalized spacial score (nSPS) is 33.9. The number of hydrogen-bond acceptors (Lipinski definition) is 12. The highest BCUT2D eigenvalue weighted by molar-refractivity contribution is 5.02. The molecule has 6 N–H and O–H groups in total. The molecule has 0 aliphatic carbocycles. The minimum Gasteiger partial charge on any atom is -0.394 e. The van der Waals surface area contributed by atoms with Crippen LogP contribution in [0.3, 0.4) is 0 Å². The van der Waals surface area contributed by atoms with Gasteiger partial charge in [-0.2, -0.15) is 0 Å². The molecule has 0 amide bonds. The largest absolute Gasteiger partial charge is 0.394 e. The van der Waals surface area contributed by atoms with E-state index in [2.05, 4.69) is 15.3 Å². The van der Waals surface area contributed by atoms with Gasteiger partial charge in [0.25, 0.3) is 5.56 Å². The van der Waals surface area contributed by atoms with Gasteiger partial charge in [0.05, 0.1) is 32.1 Å². The van der Waals surface area contributed by atoms with Crippen LogP contribution in [0.1, 0.15) is 23.9 Å². The van der Waals surface area contributed by atoms with Gasteiger partial charge >= 0.3 is 5.69 Å². The molecule has 8 atom stereocenters. The second-order valence-corrected chi connectivity index (χ2v) is 8.35. The van der Waals surface area contributed by atoms with E-state index < -0.39 is 67.0 Å². The third kappa shape index (κ3) is 4.96. The van der Waals surface area contributed by atoms with E-state index in [4.69, 9.17) is 14.2 Å². The maximum atomic E-state index is 12.1. The number of ether oxygens (including phenoxy) is 3. The van der Waals surface area contributed by atoms with Crippen LogP contribution in [-0.4, -0.2) is 99.6 Å². The van der Waals surface area contributed by atoms with Crippen LogP contribution in [0.15, 0.2) is 22.0 Å². The van der Waals surface area contributed by atoms with Gasteiger partial charge in [0.1, 0.15) is 42.4 Å². The number of nitrogens with one attached hydrogen (secondary N) is 1. The quantitative estimate of drug-likeness (QED) is 0.222. The van der Waals surface area contributed by atoms with E-state index in [0.29, 0.717) is 11.3 Å². The predicted octanol–water partition coefficient (Wildman–Crippen LogP) is -3.90. The number of aryl methyl sites for hydroxylation is 1. The molecule has 0 aromatic carbocycles. The first-order chi connectivity index (χ1) is 16.2. The molecular weight excluding hydrogens is 458 g/mol. The maximum absolute atomic E-state index is 12.1. The first-order valence-corrected chi connectivity index (χ1v) is 10.6. The molecular formula is C19H27N5O10. The smallest absolute Gasteiger partial charge is 0.330 e. The van der Waals surface area contributed by atoms with Gasteiger partial charge < -0.3 is 39.7 Å². The Labute approximate surface area is 191 Å². The number of aromatic amines is 1. The number of aliphatic hydroxyl groups is 5. The number of aromatic nitrogens is 5. The highest BCUT2D eigenvalue weighted by Gasteiger charge is 2.44. The second-order valence-electron chi connectivity index (χ2n) is 8.35. The van der Waals surface area contributed by atoms with E-state index in [1.165, 1.54) is 21.6 Å². The van der Waals surface area contributed by atoms with Crippen molar-refractivity contribution in [2.45, 2.75) is 75.6 Å². The lowest BCUT2D eigenvalue weighted by atomic mass is 9.99. The number of nitrogens with zero attached hydrogens (tertiary/aromatic N) is 4. The van der Waals surface area contributed by atoms with Crippen molar-refractivity contribution in [3.05, 3.63) is 44.5 Å². The van der Waals surface area contributed by atoms with Crippen LogP contribution in [0.4, 0.5) is 0 Å². The zero-order chi connectivity index (χ0) is 24.6. The van der Waals surface area contributed by atoms with Gasteiger partial charge in [-0.15, -0.1) is 5.10 Å². The van der Waals surface area contributed by atoms with Crippen molar-refractivity contribution >= 4 is 0 Å². The van der Waals surface area contributed by atoms with E-state index in [0.717, 1.165) is 0 Å². The molecule has 2 aliphatic rings. The Balaban J connectivity index is 1.35. The first kappa shape index (κ1) is 24.6. The minimum atomic E-state index is -1.56. The van der Waals surface area contributed by atoms with Crippen molar-refractivity contribution in [1.29, 1.82) is 0 Å². The average Bonchev–Trinajstić information content (AvgIpc) is 3.40. The monoisotopic (exact) mass is 485 g/mol. The average molecular weight is 485 g/mol. The molecule has 4 heterocycles. The molecule has 2 aromatic heterocycles. The topological polar surface area (TPSA) is 214 Å². The molecule has 15 heteroatoms. The van der Waals surface area contributed by atoms with Crippen LogP contribution in [0.2, 0.25) is 0 Å². The zero-order valence-corrected chi connectivity index (χ0v) is 18.2. The molecule has 0 bridgehead atoms. The van der Waals surface area contributed by atoms with Crippen LogP contribution < -0.4 is 11.2 Å². The summed E-state index contributed by atoms with van der Waals surface area (Å²) < 4.78 is 19.1. The van der Waals surface area contributed by atoms with Crippen molar-refractivity contribution in [2.75, 3.05) is 6.61 Å². The summed E-state index contributed by atoms with van der Waals surface area (Å²) in [4.78, 5) is 25.9. The summed E-state index contributed by atoms with van der Waals surface area (Å²) in [6.45, 7) is 0.935. The Morgan fingerprint density at radius 2 is 1.88 bits per heavy atom. The molecule has 0 radical (unpaired) electrons. The summed E-state index contributed by atoms with van der Waals surface area (Å²) in [6, 6.07) is 0. The Kier molecular flexibility index (Phi) is 7.25. The van der Waals surface area contributed by atoms with Crippen molar-refractivity contribution in [3.63, 3.8) is 0 Å². The molecule has 2 aromatic rings. The van der Waals surface area contributed by atoms with Gasteiger partial charge in [0.15, 0.2) is 6.29 Å². The summed E-state index contributed by atoms with van der Waals surface area (Å²) in [6.07, 6.45) is -6.31. The van der Waals surface area contributed by atoms with E-state index in [-0.39, 0.29) is 19.6 Å². The molecule has 2 saturated heterocycles. The number of aliphatic hydroxyl groups excluding tert-OH is 5. The van der Waals surface area contributed by atoms with Crippen molar-refractivity contribution in [2.24, 2.45) is 0 Å². The van der Waals surface area contributed by atoms with E-state index in [9.17, 15) is 35.1 Å². The van der Waals surface area contributed by atoms with Gasteiger partial charge in [-0.1, -0.05) is 5.21 Å². The third-order valence-corrected chi connectivity index (χ3v) is 5.86. The lowest BCUT2D eigenvalue weighted by Gasteiger charge is -2.39. The number of rotatable bonds is 7. The Morgan fingerprint density at radius 3 is 2.62 bits per heavy atom. The number of H-pyrrole nitrogens is 1. The summed E-state index contributed by atoms with van der Waals surface area (Å²) in [7, 11) is 0. The maximum Gasteiger partial charge on any atom is 0.330 e. The first-order valence-electron chi connectivity index (χ1n) is 10.6. The zero-order valence-electron chi connectivity index (χ0n) is 18.2. The van der Waals surface area contributed by atoms with Gasteiger partial charge in [-0.05, 0) is 6.92 Å². The fraction of sp³-hybridized carbons (Fsp3) is 0.684. The van der Waals surface area contributed by atoms with Gasteiger partial charge in [-0.25, -0.2) is 9.48 Å². The summed E-state index contributed by atoms with van der Waals surface area (Å²) in [5.41, 5.74) is -0.450. The van der Waals surface area contributed by atoms with E-state index >= 15 is 0 Å². The van der Waals surface area contributed by atoms with Crippen molar-refractivity contribution in [3.8, 4) is 0 Å². The van der Waals surface area contributed by atoms with Gasteiger partial charge in [0, 0.05) is 18.2 Å². The van der Waals surface area contributed by atoms with Crippen LogP contribution in [0.5, 0.6) is 0 Å². The molecule has 15 nitrogen and oxygen atoms in total. The summed E-state index contributed by atoms with van der Waals surface area (Å²) in [5.74, 6) is 0. The lowest BCUT2D eigenvalue weighted by Crippen LogP contribution is -2.59. The van der Waals surface area contributed by atoms with Crippen molar-refractivity contribution < 1.29 is 39.7 Å². The summed E-state index contributed by atoms with van der Waals surface area (Å²) >= 11 is 0. The third-order valence-electron chi connectivity index (χ3n) is 5.86. The molecule has 188 valence electrons. The molecule has 34 heavy (non-hydrogen) atoms. The van der Waals surface area contributed by atoms with Gasteiger partial charge in [-0.3, -0.25) is 14.3 Å². The van der Waals surface area contributed by atoms with Crippen LogP contribution in [0.25, 0.3) is 0 Å². The van der Waals surface area contributed by atoms with Gasteiger partial charge in [0.2, 0.25) is 0 Å². The van der Waals surface area contributed by atoms with Crippen LogP contribution >= 0.6 is 0 Å². The Hall–Kier alpha value is -2.50. The SMILES string of the molecule is Cc1cn([C@H]2C[C@H](O)[C@@H](Cn3cc(CO[C@@H]4O[C@H](CO)[C@H](O)[C@H](O)[C@H]4O)nn3)O2)c(=O)[nH]c1=O. The van der Waals surface area contributed by atoms with Crippen LogP contribution in [-0.2, 0) is 27.4 Å². The summed E-state index contributed by atoms with van der Waals surface area (Å²) in [5, 5.41) is 57.2. The van der Waals surface area contributed by atoms with E-state index in [1.807, 2.05) is 0 Å². The highest BCUT2D eigenvalue weighted by atomic mass is 16.7. The minimum absolute atomic E-state index is 0.113. The Morgan fingerprint density at radius 1 is 1.12 bits per heavy atom. The molecule has 2 aliphatic heterocycles. The lowest BCUT2D eigenvalue weighted by molar-refractivity contribution is -0.304. The second kappa shape index (κ2) is 10.0. The number of hydrogen-bond donors (Lipinski definition) is 6. The van der Waals surface area contributed by atoms with Crippen molar-refractivity contribution in [1.82, 2.24) is 24.5 Å². The predicted molar refractivity (Wildman–Crippen MR) is 109 cm³/mol. The van der Waals surface area contributed by atoms with E-state index in [1.54, 1.807) is 6.92 Å². The fourth-order valence-electron chi connectivity index (χ4n) is 3.90. The van der Waals surface area contributed by atoms with Crippen LogP contribution in [0, 0.1) is 6.92 Å². The molecule has 0 saturated carbocycles. The molecule has 2 fully saturated rings. The highest BCUT2D eigenvalue weighted by Crippen LogP contribution is 2.28.